The highest BCUT2D eigenvalue weighted by Gasteiger charge is 2.19. The van der Waals surface area contributed by atoms with Gasteiger partial charge in [0, 0.05) is 19.3 Å². The monoisotopic (exact) mass is 919 g/mol. The maximum absolute atomic E-state index is 12.8. The molecule has 1 unspecified atom stereocenters. The van der Waals surface area contributed by atoms with Crippen LogP contribution >= 0.6 is 0 Å². The van der Waals surface area contributed by atoms with Gasteiger partial charge < -0.3 is 14.2 Å². The van der Waals surface area contributed by atoms with Gasteiger partial charge in [0.2, 0.25) is 0 Å². The van der Waals surface area contributed by atoms with Gasteiger partial charge in [0.25, 0.3) is 0 Å². The van der Waals surface area contributed by atoms with Gasteiger partial charge in [-0.2, -0.15) is 0 Å². The van der Waals surface area contributed by atoms with E-state index < -0.39 is 6.10 Å². The molecule has 0 saturated heterocycles. The van der Waals surface area contributed by atoms with Crippen molar-refractivity contribution in [2.24, 2.45) is 0 Å². The van der Waals surface area contributed by atoms with E-state index in [1.54, 1.807) is 0 Å². The molecule has 0 N–H and O–H groups in total. The Balaban J connectivity index is 4.40. The van der Waals surface area contributed by atoms with Crippen molar-refractivity contribution in [3.05, 3.63) is 85.1 Å². The molecule has 0 aliphatic rings. The Morgan fingerprint density at radius 3 is 1.00 bits per heavy atom. The molecule has 0 bridgehead atoms. The van der Waals surface area contributed by atoms with Gasteiger partial charge in [-0.05, 0) is 109 Å². The van der Waals surface area contributed by atoms with Crippen LogP contribution in [0.5, 0.6) is 0 Å². The maximum atomic E-state index is 12.8. The van der Waals surface area contributed by atoms with Gasteiger partial charge in [-0.15, -0.1) is 0 Å². The second kappa shape index (κ2) is 54.2. The second-order valence-corrected chi connectivity index (χ2v) is 18.1. The van der Waals surface area contributed by atoms with Gasteiger partial charge in [0.05, 0.1) is 0 Å². The van der Waals surface area contributed by atoms with E-state index in [-0.39, 0.29) is 31.1 Å². The predicted octanol–water partition coefficient (Wildman–Crippen LogP) is 18.4. The summed E-state index contributed by atoms with van der Waals surface area (Å²) in [7, 11) is 0. The van der Waals surface area contributed by atoms with Crippen LogP contribution in [0.15, 0.2) is 85.1 Å². The molecule has 0 aromatic rings. The third-order valence-corrected chi connectivity index (χ3v) is 11.6. The summed E-state index contributed by atoms with van der Waals surface area (Å²) in [6.45, 7) is 6.44. The zero-order valence-corrected chi connectivity index (χ0v) is 43.2. The highest BCUT2D eigenvalue weighted by molar-refractivity contribution is 5.71. The van der Waals surface area contributed by atoms with Crippen LogP contribution in [0, 0.1) is 0 Å². The minimum atomic E-state index is -0.797. The Morgan fingerprint density at radius 1 is 0.318 bits per heavy atom. The first-order chi connectivity index (χ1) is 32.5. The summed E-state index contributed by atoms with van der Waals surface area (Å²) < 4.78 is 16.8. The molecule has 0 aliphatic heterocycles. The lowest BCUT2D eigenvalue weighted by atomic mass is 10.1. The molecule has 0 rings (SSSR count). The third kappa shape index (κ3) is 51.6. The summed E-state index contributed by atoms with van der Waals surface area (Å²) in [5.74, 6) is -0.943. The van der Waals surface area contributed by atoms with Crippen LogP contribution in [0.25, 0.3) is 0 Å². The Morgan fingerprint density at radius 2 is 0.606 bits per heavy atom. The van der Waals surface area contributed by atoms with E-state index in [1.807, 2.05) is 0 Å². The summed E-state index contributed by atoms with van der Waals surface area (Å²) in [5, 5.41) is 0. The molecule has 0 saturated carbocycles. The molecule has 0 radical (unpaired) electrons. The molecule has 6 nitrogen and oxygen atoms in total. The van der Waals surface area contributed by atoms with Gasteiger partial charge in [0.1, 0.15) is 13.2 Å². The van der Waals surface area contributed by atoms with Gasteiger partial charge in [-0.3, -0.25) is 14.4 Å². The molecule has 0 fully saturated rings. The van der Waals surface area contributed by atoms with Crippen molar-refractivity contribution in [1.82, 2.24) is 0 Å². The number of ether oxygens (including phenoxy) is 3. The number of unbranched alkanes of at least 4 members (excludes halogenated alkanes) is 24. The number of allylic oxidation sites excluding steroid dienone is 14. The standard InChI is InChI=1S/C60H102O6/c1-4-7-10-13-16-19-22-24-26-28-30-32-34-36-38-41-44-47-50-53-59(62)65-56-57(55-64-58(61)52-49-46-43-40-21-18-15-12-9-6-3)66-60(63)54-51-48-45-42-39-37-35-33-31-29-27-25-23-20-17-14-11-8-5-2/h7,10,15-16,18-19,24,26,29-32,36,38,57H,4-6,8-9,11-14,17,20-23,25,27-28,33-35,37,39-56H2,1-3H3/b10-7-,18-15-,19-16-,26-24-,31-29-,32-30-,38-36-. The lowest BCUT2D eigenvalue weighted by molar-refractivity contribution is -0.167. The molecule has 1 atom stereocenters. The number of esters is 3. The summed E-state index contributed by atoms with van der Waals surface area (Å²) >= 11 is 0. The van der Waals surface area contributed by atoms with Crippen LogP contribution in [-0.4, -0.2) is 37.2 Å². The first-order valence-corrected chi connectivity index (χ1v) is 27.6. The lowest BCUT2D eigenvalue weighted by Gasteiger charge is -2.18. The fourth-order valence-electron chi connectivity index (χ4n) is 7.44. The molecule has 0 amide bonds. The fourth-order valence-corrected chi connectivity index (χ4v) is 7.44. The average Bonchev–Trinajstić information content (AvgIpc) is 3.31. The zero-order valence-electron chi connectivity index (χ0n) is 43.2. The summed E-state index contributed by atoms with van der Waals surface area (Å²) in [5.41, 5.74) is 0. The topological polar surface area (TPSA) is 78.9 Å². The van der Waals surface area contributed by atoms with E-state index in [4.69, 9.17) is 14.2 Å². The number of hydrogen-bond donors (Lipinski definition) is 0. The van der Waals surface area contributed by atoms with Crippen molar-refractivity contribution >= 4 is 17.9 Å². The summed E-state index contributed by atoms with van der Waals surface area (Å²) in [4.78, 5) is 38.0. The van der Waals surface area contributed by atoms with Crippen LogP contribution in [0.2, 0.25) is 0 Å². The van der Waals surface area contributed by atoms with Crippen LogP contribution in [-0.2, 0) is 28.6 Å². The largest absolute Gasteiger partial charge is 0.462 e. The zero-order chi connectivity index (χ0) is 47.9. The SMILES string of the molecule is CC/C=C\C/C=C\C/C=C\C/C=C\C/C=C\CCCCCC(=O)OCC(COC(=O)CCCCCC/C=C\CCCC)OC(=O)CCCCCCCCC/C=C\CCCCCCCCCC. The van der Waals surface area contributed by atoms with Crippen LogP contribution in [0.1, 0.15) is 258 Å². The van der Waals surface area contributed by atoms with E-state index in [1.165, 1.54) is 103 Å². The molecular weight excluding hydrogens is 817 g/mol. The van der Waals surface area contributed by atoms with Crippen molar-refractivity contribution < 1.29 is 28.6 Å². The lowest BCUT2D eigenvalue weighted by Crippen LogP contribution is -2.30. The van der Waals surface area contributed by atoms with Gasteiger partial charge in [-0.1, -0.05) is 215 Å². The highest BCUT2D eigenvalue weighted by atomic mass is 16.6. The molecule has 378 valence electrons. The van der Waals surface area contributed by atoms with E-state index in [0.717, 1.165) is 116 Å². The Bertz CT molecular complexity index is 1290. The van der Waals surface area contributed by atoms with Crippen molar-refractivity contribution in [3.8, 4) is 0 Å². The smallest absolute Gasteiger partial charge is 0.306 e. The summed E-state index contributed by atoms with van der Waals surface area (Å²) in [6, 6.07) is 0. The van der Waals surface area contributed by atoms with E-state index in [9.17, 15) is 14.4 Å². The first kappa shape index (κ1) is 62.6. The Hall–Kier alpha value is -3.41. The normalized spacial score (nSPS) is 12.7. The Labute approximate surface area is 407 Å². The van der Waals surface area contributed by atoms with Crippen LogP contribution < -0.4 is 0 Å². The first-order valence-electron chi connectivity index (χ1n) is 27.6. The van der Waals surface area contributed by atoms with Crippen molar-refractivity contribution in [2.45, 2.75) is 264 Å². The van der Waals surface area contributed by atoms with Crippen LogP contribution in [0.3, 0.4) is 0 Å². The quantitative estimate of drug-likeness (QED) is 0.0262. The second-order valence-electron chi connectivity index (χ2n) is 18.1. The van der Waals surface area contributed by atoms with Crippen molar-refractivity contribution in [3.63, 3.8) is 0 Å². The number of carbonyl (C=O) groups excluding carboxylic acids is 3. The van der Waals surface area contributed by atoms with Gasteiger partial charge >= 0.3 is 17.9 Å². The molecule has 0 spiro atoms. The van der Waals surface area contributed by atoms with E-state index in [2.05, 4.69) is 106 Å². The maximum Gasteiger partial charge on any atom is 0.306 e. The number of carbonyl (C=O) groups is 3. The predicted molar refractivity (Wildman–Crippen MR) is 284 cm³/mol. The molecule has 0 aliphatic carbocycles. The fraction of sp³-hybridized carbons (Fsp3) is 0.717. The highest BCUT2D eigenvalue weighted by Crippen LogP contribution is 2.14. The molecule has 0 aromatic heterocycles. The minimum Gasteiger partial charge on any atom is -0.462 e. The minimum absolute atomic E-state index is 0.0952. The molecule has 0 aromatic carbocycles. The molecular formula is C60H102O6. The van der Waals surface area contributed by atoms with E-state index >= 15 is 0 Å². The summed E-state index contributed by atoms with van der Waals surface area (Å²) in [6.07, 6.45) is 70.0. The van der Waals surface area contributed by atoms with Crippen LogP contribution in [0.4, 0.5) is 0 Å². The third-order valence-electron chi connectivity index (χ3n) is 11.6. The molecule has 6 heteroatoms. The number of hydrogen-bond acceptors (Lipinski definition) is 6. The number of rotatable bonds is 49. The van der Waals surface area contributed by atoms with Crippen molar-refractivity contribution in [2.75, 3.05) is 13.2 Å². The molecule has 0 heterocycles. The van der Waals surface area contributed by atoms with E-state index in [0.29, 0.717) is 19.3 Å². The Kier molecular flexibility index (Phi) is 51.4. The van der Waals surface area contributed by atoms with Gasteiger partial charge in [0.15, 0.2) is 6.10 Å². The average molecular weight is 919 g/mol. The molecule has 66 heavy (non-hydrogen) atoms. The van der Waals surface area contributed by atoms with Crippen molar-refractivity contribution in [1.29, 1.82) is 0 Å². The van der Waals surface area contributed by atoms with Gasteiger partial charge in [-0.25, -0.2) is 0 Å².